The van der Waals surface area contributed by atoms with Crippen molar-refractivity contribution in [2.24, 2.45) is 9.98 Å². The minimum atomic E-state index is 0. The topological polar surface area (TPSA) is 67.2 Å². The minimum absolute atomic E-state index is 0. The molecule has 0 fully saturated rings. The van der Waals surface area contributed by atoms with E-state index in [2.05, 4.69) is 20.6 Å². The Morgan fingerprint density at radius 2 is 1.23 bits per heavy atom. The average Bonchev–Trinajstić information content (AvgIpc) is 3.14. The van der Waals surface area contributed by atoms with E-state index < -0.39 is 0 Å². The molecule has 0 unspecified atom stereocenters. The highest BCUT2D eigenvalue weighted by Gasteiger charge is 2.05. The summed E-state index contributed by atoms with van der Waals surface area (Å²) in [6, 6.07) is 0. The van der Waals surface area contributed by atoms with Crippen molar-refractivity contribution >= 4 is 58.7 Å². The van der Waals surface area contributed by atoms with E-state index in [1.54, 1.807) is 23.5 Å². The molecule has 0 bridgehead atoms. The molecule has 22 heavy (non-hydrogen) atoms. The van der Waals surface area contributed by atoms with Crippen molar-refractivity contribution in [2.75, 3.05) is 64.1 Å². The lowest BCUT2D eigenvalue weighted by molar-refractivity contribution is 0.0606. The molecule has 10 heteroatoms. The van der Waals surface area contributed by atoms with Gasteiger partial charge in [-0.05, 0) is 0 Å². The van der Waals surface area contributed by atoms with E-state index in [1.165, 1.54) is 0 Å². The van der Waals surface area contributed by atoms with Crippen molar-refractivity contribution in [1.82, 2.24) is 10.6 Å². The zero-order valence-electron chi connectivity index (χ0n) is 12.4. The van der Waals surface area contributed by atoms with Crippen LogP contribution < -0.4 is 10.6 Å². The quantitative estimate of drug-likeness (QED) is 0.577. The number of amidine groups is 2. The first-order chi connectivity index (χ1) is 9.95. The van der Waals surface area contributed by atoms with Gasteiger partial charge in [0.15, 0.2) is 10.3 Å². The molecule has 130 valence electrons. The van der Waals surface area contributed by atoms with E-state index in [9.17, 15) is 0 Å². The molecule has 2 N–H and O–H groups in total. The Balaban J connectivity index is 0.00000220. The van der Waals surface area contributed by atoms with Crippen LogP contribution in [0.2, 0.25) is 0 Å². The minimum Gasteiger partial charge on any atom is -0.378 e. The Hall–Kier alpha value is 0.140. The summed E-state index contributed by atoms with van der Waals surface area (Å²) in [6.07, 6.45) is 0. The van der Waals surface area contributed by atoms with Crippen LogP contribution in [0.4, 0.5) is 0 Å². The van der Waals surface area contributed by atoms with Crippen LogP contribution in [-0.4, -0.2) is 74.4 Å². The van der Waals surface area contributed by atoms with Gasteiger partial charge >= 0.3 is 0 Å². The van der Waals surface area contributed by atoms with Crippen molar-refractivity contribution in [2.45, 2.75) is 0 Å². The zero-order valence-corrected chi connectivity index (χ0v) is 15.7. The molecule has 0 amide bonds. The number of nitrogens with zero attached hydrogens (tertiary/aromatic N) is 2. The SMILES string of the molecule is C1CNC(SCCOCCOCCSC2=NCCN2)=N1.Cl.Cl. The maximum absolute atomic E-state index is 5.50. The highest BCUT2D eigenvalue weighted by Crippen LogP contribution is 2.05. The second-order valence-corrected chi connectivity index (χ2v) is 6.32. The first-order valence-electron chi connectivity index (χ1n) is 6.93. The summed E-state index contributed by atoms with van der Waals surface area (Å²) < 4.78 is 11.0. The molecule has 0 aliphatic carbocycles. The maximum atomic E-state index is 5.50. The van der Waals surface area contributed by atoms with Crippen LogP contribution in [0.15, 0.2) is 9.98 Å². The molecule has 0 saturated heterocycles. The van der Waals surface area contributed by atoms with Gasteiger partial charge in [0.05, 0.1) is 39.5 Å². The molecule has 2 rings (SSSR count). The van der Waals surface area contributed by atoms with E-state index >= 15 is 0 Å². The number of nitrogens with one attached hydrogen (secondary N) is 2. The number of hydrogen-bond acceptors (Lipinski definition) is 8. The predicted molar refractivity (Wildman–Crippen MR) is 102 cm³/mol. The lowest BCUT2D eigenvalue weighted by atomic mass is 10.7. The molecule has 2 aliphatic rings. The number of ether oxygens (including phenoxy) is 2. The molecular formula is C12H24Cl2N4O2S2. The molecule has 0 saturated carbocycles. The fraction of sp³-hybridized carbons (Fsp3) is 0.833. The maximum Gasteiger partial charge on any atom is 0.156 e. The van der Waals surface area contributed by atoms with Crippen molar-refractivity contribution in [1.29, 1.82) is 0 Å². The van der Waals surface area contributed by atoms with Crippen LogP contribution in [0, 0.1) is 0 Å². The van der Waals surface area contributed by atoms with Crippen LogP contribution in [0.25, 0.3) is 0 Å². The van der Waals surface area contributed by atoms with Gasteiger partial charge in [0.25, 0.3) is 0 Å². The lowest BCUT2D eigenvalue weighted by Crippen LogP contribution is -2.17. The monoisotopic (exact) mass is 390 g/mol. The average molecular weight is 391 g/mol. The van der Waals surface area contributed by atoms with Crippen LogP contribution in [0.5, 0.6) is 0 Å². The first kappa shape index (κ1) is 22.1. The van der Waals surface area contributed by atoms with Crippen molar-refractivity contribution in [3.63, 3.8) is 0 Å². The molecule has 0 spiro atoms. The van der Waals surface area contributed by atoms with Crippen LogP contribution in [0.1, 0.15) is 0 Å². The van der Waals surface area contributed by atoms with Gasteiger partial charge in [-0.25, -0.2) is 0 Å². The Morgan fingerprint density at radius 1 is 0.773 bits per heavy atom. The van der Waals surface area contributed by atoms with E-state index in [0.29, 0.717) is 13.2 Å². The Kier molecular flexibility index (Phi) is 14.8. The van der Waals surface area contributed by atoms with Crippen molar-refractivity contribution in [3.8, 4) is 0 Å². The second kappa shape index (κ2) is 14.7. The van der Waals surface area contributed by atoms with E-state index in [-0.39, 0.29) is 24.8 Å². The normalized spacial score (nSPS) is 16.0. The molecule has 0 atom stereocenters. The summed E-state index contributed by atoms with van der Waals surface area (Å²) in [6.45, 7) is 6.53. The van der Waals surface area contributed by atoms with Crippen LogP contribution in [-0.2, 0) is 9.47 Å². The number of thioether (sulfide) groups is 2. The summed E-state index contributed by atoms with van der Waals surface area (Å²) in [5.74, 6) is 1.88. The van der Waals surface area contributed by atoms with E-state index in [4.69, 9.17) is 9.47 Å². The van der Waals surface area contributed by atoms with Crippen molar-refractivity contribution < 1.29 is 9.47 Å². The first-order valence-corrected chi connectivity index (χ1v) is 8.90. The summed E-state index contributed by atoms with van der Waals surface area (Å²) in [4.78, 5) is 8.61. The van der Waals surface area contributed by atoms with Crippen LogP contribution >= 0.6 is 48.3 Å². The highest BCUT2D eigenvalue weighted by molar-refractivity contribution is 8.14. The summed E-state index contributed by atoms with van der Waals surface area (Å²) >= 11 is 3.44. The largest absolute Gasteiger partial charge is 0.378 e. The second-order valence-electron chi connectivity index (χ2n) is 4.15. The molecule has 0 radical (unpaired) electrons. The fourth-order valence-corrected chi connectivity index (χ4v) is 3.22. The van der Waals surface area contributed by atoms with E-state index in [0.717, 1.165) is 61.2 Å². The van der Waals surface area contributed by atoms with Gasteiger partial charge in [-0.1, -0.05) is 23.5 Å². The third-order valence-electron chi connectivity index (χ3n) is 2.59. The Bertz CT molecular complexity index is 317. The lowest BCUT2D eigenvalue weighted by Gasteiger charge is -2.06. The standard InChI is InChI=1S/C12H22N4O2S2.2ClH/c1-2-14-11(13-1)19-9-7-17-5-6-18-8-10-20-12-15-3-4-16-12;;/h1-10H2,(H,13,14)(H,15,16);2*1H. The molecule has 6 nitrogen and oxygen atoms in total. The summed E-state index contributed by atoms with van der Waals surface area (Å²) in [5, 5.41) is 8.53. The van der Waals surface area contributed by atoms with Crippen LogP contribution in [0.3, 0.4) is 0 Å². The fourth-order valence-electron chi connectivity index (χ4n) is 1.66. The third kappa shape index (κ3) is 10.0. The number of rotatable bonds is 9. The van der Waals surface area contributed by atoms with Gasteiger partial charge < -0.3 is 20.1 Å². The molecule has 2 aliphatic heterocycles. The highest BCUT2D eigenvalue weighted by atomic mass is 35.5. The Morgan fingerprint density at radius 3 is 1.59 bits per heavy atom. The van der Waals surface area contributed by atoms with Gasteiger partial charge in [-0.2, -0.15) is 0 Å². The number of hydrogen-bond donors (Lipinski definition) is 2. The molecule has 0 aromatic heterocycles. The van der Waals surface area contributed by atoms with Gasteiger partial charge in [-0.3, -0.25) is 9.98 Å². The van der Waals surface area contributed by atoms with Gasteiger partial charge in [0.2, 0.25) is 0 Å². The van der Waals surface area contributed by atoms with Gasteiger partial charge in [0, 0.05) is 24.6 Å². The summed E-state index contributed by atoms with van der Waals surface area (Å²) in [5.41, 5.74) is 0. The molecule has 2 heterocycles. The number of aliphatic imine (C=N–C) groups is 2. The molecule has 0 aromatic carbocycles. The van der Waals surface area contributed by atoms with Gasteiger partial charge in [-0.15, -0.1) is 24.8 Å². The molecule has 0 aromatic rings. The molecular weight excluding hydrogens is 367 g/mol. The van der Waals surface area contributed by atoms with Gasteiger partial charge in [0.1, 0.15) is 0 Å². The zero-order chi connectivity index (χ0) is 13.9. The van der Waals surface area contributed by atoms with E-state index in [1.807, 2.05) is 0 Å². The van der Waals surface area contributed by atoms with Crippen molar-refractivity contribution in [3.05, 3.63) is 0 Å². The Labute approximate surface area is 152 Å². The third-order valence-corrected chi connectivity index (χ3v) is 4.43. The summed E-state index contributed by atoms with van der Waals surface area (Å²) in [7, 11) is 0. The smallest absolute Gasteiger partial charge is 0.156 e. The number of halogens is 2. The predicted octanol–water partition coefficient (Wildman–Crippen LogP) is 1.25.